The van der Waals surface area contributed by atoms with Crippen LogP contribution in [-0.2, 0) is 9.53 Å². The van der Waals surface area contributed by atoms with E-state index < -0.39 is 0 Å². The molecule has 2 aliphatic heterocycles. The van der Waals surface area contributed by atoms with Gasteiger partial charge < -0.3 is 9.64 Å². The van der Waals surface area contributed by atoms with Gasteiger partial charge in [-0.15, -0.1) is 0 Å². The summed E-state index contributed by atoms with van der Waals surface area (Å²) in [6.07, 6.45) is 0. The molecule has 2 aliphatic rings. The summed E-state index contributed by atoms with van der Waals surface area (Å²) in [6, 6.07) is 0. The first-order chi connectivity index (χ1) is 6.59. The molecule has 78 valence electrons. The van der Waals surface area contributed by atoms with Crippen LogP contribution in [0.2, 0.25) is 0 Å². The molecule has 0 saturated carbocycles. The van der Waals surface area contributed by atoms with Crippen LogP contribution in [0.1, 0.15) is 13.8 Å². The molecule has 4 nitrogen and oxygen atoms in total. The number of ether oxygens (including phenoxy) is 1. The Morgan fingerprint density at radius 3 is 2.93 bits per heavy atom. The van der Waals surface area contributed by atoms with Gasteiger partial charge in [-0.05, 0) is 13.8 Å². The number of carbonyl (C=O) groups excluding carboxylic acids is 1. The second kappa shape index (κ2) is 3.55. The number of thioether (sulfide) groups is 1. The Bertz CT molecular complexity index is 289. The Hall–Kier alpha value is -0.550. The third kappa shape index (κ3) is 1.79. The maximum atomic E-state index is 11.0. The minimum Gasteiger partial charge on any atom is -0.377 e. The molecule has 0 aromatic carbocycles. The van der Waals surface area contributed by atoms with Crippen LogP contribution in [0.15, 0.2) is 4.99 Å². The van der Waals surface area contributed by atoms with Gasteiger partial charge in [-0.25, -0.2) is 0 Å². The zero-order valence-electron chi connectivity index (χ0n) is 8.45. The molecule has 1 saturated heterocycles. The molecule has 0 radical (unpaired) electrons. The van der Waals surface area contributed by atoms with Gasteiger partial charge in [-0.2, -0.15) is 4.99 Å². The van der Waals surface area contributed by atoms with Crippen LogP contribution in [0.5, 0.6) is 0 Å². The standard InChI is InChI=1S/C9H14N2O2S/c1-9(2)6-13-4-3-11(9)8-10-7(12)5-14-8/h3-6H2,1-2H3. The molecule has 1 fully saturated rings. The molecule has 2 rings (SSSR count). The van der Waals surface area contributed by atoms with Crippen molar-refractivity contribution < 1.29 is 9.53 Å². The number of amides is 1. The molecule has 0 unspecified atom stereocenters. The first kappa shape index (κ1) is 9.98. The van der Waals surface area contributed by atoms with Crippen molar-refractivity contribution in [2.75, 3.05) is 25.5 Å². The van der Waals surface area contributed by atoms with E-state index >= 15 is 0 Å². The number of hydrogen-bond donors (Lipinski definition) is 0. The van der Waals surface area contributed by atoms with Gasteiger partial charge >= 0.3 is 0 Å². The Balaban J connectivity index is 2.16. The van der Waals surface area contributed by atoms with Crippen molar-refractivity contribution in [3.63, 3.8) is 0 Å². The number of morpholine rings is 1. The molecule has 0 aliphatic carbocycles. The summed E-state index contributed by atoms with van der Waals surface area (Å²) >= 11 is 1.53. The normalized spacial score (nSPS) is 26.6. The highest BCUT2D eigenvalue weighted by molar-refractivity contribution is 8.14. The van der Waals surface area contributed by atoms with E-state index in [2.05, 4.69) is 23.7 Å². The Morgan fingerprint density at radius 2 is 2.36 bits per heavy atom. The highest BCUT2D eigenvalue weighted by Crippen LogP contribution is 2.26. The SMILES string of the molecule is CC1(C)COCCN1C1=NC(=O)CS1. The zero-order valence-corrected chi connectivity index (χ0v) is 9.26. The molecule has 5 heteroatoms. The molecular formula is C9H14N2O2S. The molecular weight excluding hydrogens is 200 g/mol. The third-order valence-corrected chi connectivity index (χ3v) is 3.38. The number of hydrogen-bond acceptors (Lipinski definition) is 4. The second-order valence-corrected chi connectivity index (χ2v) is 5.04. The maximum Gasteiger partial charge on any atom is 0.258 e. The summed E-state index contributed by atoms with van der Waals surface area (Å²) in [5, 5.41) is 0.864. The summed E-state index contributed by atoms with van der Waals surface area (Å²) in [7, 11) is 0. The smallest absolute Gasteiger partial charge is 0.258 e. The molecule has 0 atom stereocenters. The van der Waals surface area contributed by atoms with Crippen LogP contribution < -0.4 is 0 Å². The van der Waals surface area contributed by atoms with Crippen LogP contribution in [0.3, 0.4) is 0 Å². The van der Waals surface area contributed by atoms with Crippen LogP contribution in [-0.4, -0.2) is 47.0 Å². The monoisotopic (exact) mass is 214 g/mol. The molecule has 0 aromatic rings. The largest absolute Gasteiger partial charge is 0.377 e. The van der Waals surface area contributed by atoms with E-state index in [0.29, 0.717) is 12.4 Å². The lowest BCUT2D eigenvalue weighted by molar-refractivity contribution is -0.115. The van der Waals surface area contributed by atoms with Crippen molar-refractivity contribution in [3.05, 3.63) is 0 Å². The zero-order chi connectivity index (χ0) is 10.2. The third-order valence-electron chi connectivity index (χ3n) is 2.42. The lowest BCUT2D eigenvalue weighted by Gasteiger charge is -2.42. The van der Waals surface area contributed by atoms with Gasteiger partial charge in [0.1, 0.15) is 0 Å². The quantitative estimate of drug-likeness (QED) is 0.596. The summed E-state index contributed by atoms with van der Waals surface area (Å²) in [5.41, 5.74) is -0.0469. The Morgan fingerprint density at radius 1 is 1.57 bits per heavy atom. The number of nitrogens with zero attached hydrogens (tertiary/aromatic N) is 2. The van der Waals surface area contributed by atoms with Crippen molar-refractivity contribution in [2.45, 2.75) is 19.4 Å². The van der Waals surface area contributed by atoms with E-state index in [9.17, 15) is 4.79 Å². The average Bonchev–Trinajstić information content (AvgIpc) is 2.51. The first-order valence-electron chi connectivity index (χ1n) is 4.69. The van der Waals surface area contributed by atoms with Gasteiger partial charge in [0.05, 0.1) is 24.5 Å². The fraction of sp³-hybridized carbons (Fsp3) is 0.778. The highest BCUT2D eigenvalue weighted by atomic mass is 32.2. The predicted molar refractivity (Wildman–Crippen MR) is 56.5 cm³/mol. The average molecular weight is 214 g/mol. The predicted octanol–water partition coefficient (Wildman–Crippen LogP) is 0.727. The van der Waals surface area contributed by atoms with Gasteiger partial charge in [0.2, 0.25) is 0 Å². The lowest BCUT2D eigenvalue weighted by Crippen LogP contribution is -2.54. The molecule has 14 heavy (non-hydrogen) atoms. The van der Waals surface area contributed by atoms with E-state index in [1.807, 2.05) is 0 Å². The highest BCUT2D eigenvalue weighted by Gasteiger charge is 2.35. The minimum atomic E-state index is -0.0469. The van der Waals surface area contributed by atoms with Crippen molar-refractivity contribution >= 4 is 22.8 Å². The van der Waals surface area contributed by atoms with Crippen molar-refractivity contribution in [2.24, 2.45) is 4.99 Å². The second-order valence-electron chi connectivity index (χ2n) is 4.09. The van der Waals surface area contributed by atoms with Crippen LogP contribution in [0.4, 0.5) is 0 Å². The summed E-state index contributed by atoms with van der Waals surface area (Å²) in [6.45, 7) is 6.46. The number of aliphatic imine (C=N–C) groups is 1. The fourth-order valence-corrected chi connectivity index (χ4v) is 2.63. The molecule has 2 heterocycles. The summed E-state index contributed by atoms with van der Waals surface area (Å²) in [5.74, 6) is 0.468. The maximum absolute atomic E-state index is 11.0. The van der Waals surface area contributed by atoms with Gasteiger partial charge in [-0.3, -0.25) is 4.79 Å². The van der Waals surface area contributed by atoms with E-state index in [0.717, 1.165) is 18.3 Å². The molecule has 0 aromatic heterocycles. The van der Waals surface area contributed by atoms with Crippen LogP contribution in [0.25, 0.3) is 0 Å². The van der Waals surface area contributed by atoms with Gasteiger partial charge in [0.25, 0.3) is 5.91 Å². The van der Waals surface area contributed by atoms with Crippen molar-refractivity contribution in [1.29, 1.82) is 0 Å². The van der Waals surface area contributed by atoms with E-state index in [-0.39, 0.29) is 11.4 Å². The van der Waals surface area contributed by atoms with Gasteiger partial charge in [0.15, 0.2) is 5.17 Å². The topological polar surface area (TPSA) is 41.9 Å². The van der Waals surface area contributed by atoms with E-state index in [4.69, 9.17) is 4.74 Å². The number of amidine groups is 1. The van der Waals surface area contributed by atoms with Crippen LogP contribution >= 0.6 is 11.8 Å². The van der Waals surface area contributed by atoms with Crippen molar-refractivity contribution in [3.8, 4) is 0 Å². The Labute approximate surface area is 87.7 Å². The minimum absolute atomic E-state index is 0.0210. The molecule has 1 amide bonds. The van der Waals surface area contributed by atoms with E-state index in [1.54, 1.807) is 0 Å². The van der Waals surface area contributed by atoms with E-state index in [1.165, 1.54) is 11.8 Å². The van der Waals surface area contributed by atoms with Crippen LogP contribution in [0, 0.1) is 0 Å². The lowest BCUT2D eigenvalue weighted by atomic mass is 10.0. The number of carbonyl (C=O) groups is 1. The molecule has 0 bridgehead atoms. The molecule has 0 spiro atoms. The van der Waals surface area contributed by atoms with Gasteiger partial charge in [-0.1, -0.05) is 11.8 Å². The summed E-state index contributed by atoms with van der Waals surface area (Å²) < 4.78 is 5.41. The number of rotatable bonds is 0. The first-order valence-corrected chi connectivity index (χ1v) is 5.68. The van der Waals surface area contributed by atoms with Gasteiger partial charge in [0, 0.05) is 6.54 Å². The fourth-order valence-electron chi connectivity index (χ4n) is 1.65. The summed E-state index contributed by atoms with van der Waals surface area (Å²) in [4.78, 5) is 17.2. The molecule has 0 N–H and O–H groups in total. The van der Waals surface area contributed by atoms with Crippen molar-refractivity contribution in [1.82, 2.24) is 4.90 Å². The Kier molecular flexibility index (Phi) is 2.53.